The van der Waals surface area contributed by atoms with Gasteiger partial charge in [0.1, 0.15) is 0 Å². The maximum atomic E-state index is 4.19. The van der Waals surface area contributed by atoms with E-state index in [9.17, 15) is 0 Å². The number of aromatic nitrogens is 2. The Bertz CT molecular complexity index is 704. The average Bonchev–Trinajstić information content (AvgIpc) is 2.48. The van der Waals surface area contributed by atoms with Crippen LogP contribution in [0.5, 0.6) is 0 Å². The number of hydrogen-bond donors (Lipinski definition) is 2. The summed E-state index contributed by atoms with van der Waals surface area (Å²) in [6.45, 7) is 0. The van der Waals surface area contributed by atoms with E-state index in [0.29, 0.717) is 0 Å². The van der Waals surface area contributed by atoms with Gasteiger partial charge in [0.15, 0.2) is 0 Å². The van der Waals surface area contributed by atoms with Gasteiger partial charge < -0.3 is 10.6 Å². The Morgan fingerprint density at radius 3 is 2.74 bits per heavy atom. The van der Waals surface area contributed by atoms with Gasteiger partial charge in [0.2, 0.25) is 0 Å². The number of anilines is 3. The van der Waals surface area contributed by atoms with Gasteiger partial charge in [0.05, 0.1) is 23.8 Å². The summed E-state index contributed by atoms with van der Waals surface area (Å²) in [7, 11) is 1.88. The van der Waals surface area contributed by atoms with E-state index in [0.717, 1.165) is 27.8 Å². The molecule has 2 aromatic heterocycles. The summed E-state index contributed by atoms with van der Waals surface area (Å²) < 4.78 is 0. The van der Waals surface area contributed by atoms with E-state index in [4.69, 9.17) is 0 Å². The minimum Gasteiger partial charge on any atom is -0.387 e. The summed E-state index contributed by atoms with van der Waals surface area (Å²) in [5.74, 6) is 0. The molecule has 3 rings (SSSR count). The quantitative estimate of drug-likeness (QED) is 0.748. The molecule has 0 saturated carbocycles. The number of benzene rings is 1. The standard InChI is InChI=1S/C15H14N4/c1-16-12-7-13(9-18-8-12)19-15-4-2-3-11-5-6-17-10-14(11)15/h2-10,16,19H,1H3. The van der Waals surface area contributed by atoms with E-state index in [1.54, 1.807) is 18.6 Å². The van der Waals surface area contributed by atoms with Crippen LogP contribution in [0.4, 0.5) is 17.1 Å². The normalized spacial score (nSPS) is 10.4. The molecule has 0 aliphatic rings. The zero-order valence-corrected chi connectivity index (χ0v) is 10.6. The van der Waals surface area contributed by atoms with Crippen LogP contribution in [0, 0.1) is 0 Å². The second kappa shape index (κ2) is 4.94. The van der Waals surface area contributed by atoms with Crippen LogP contribution in [0.25, 0.3) is 10.8 Å². The van der Waals surface area contributed by atoms with E-state index < -0.39 is 0 Å². The van der Waals surface area contributed by atoms with Gasteiger partial charge in [-0.1, -0.05) is 12.1 Å². The smallest absolute Gasteiger partial charge is 0.0591 e. The Labute approximate surface area is 111 Å². The highest BCUT2D eigenvalue weighted by Gasteiger charge is 2.02. The second-order valence-electron chi connectivity index (χ2n) is 4.24. The zero-order valence-electron chi connectivity index (χ0n) is 10.6. The van der Waals surface area contributed by atoms with E-state index in [1.807, 2.05) is 37.5 Å². The summed E-state index contributed by atoms with van der Waals surface area (Å²) >= 11 is 0. The number of fused-ring (bicyclic) bond motifs is 1. The second-order valence-corrected chi connectivity index (χ2v) is 4.24. The molecule has 1 aromatic carbocycles. The number of hydrogen-bond acceptors (Lipinski definition) is 4. The zero-order chi connectivity index (χ0) is 13.1. The molecule has 0 atom stereocenters. The third-order valence-corrected chi connectivity index (χ3v) is 2.99. The van der Waals surface area contributed by atoms with E-state index in [1.165, 1.54) is 0 Å². The molecule has 0 aliphatic carbocycles. The third-order valence-electron chi connectivity index (χ3n) is 2.99. The predicted octanol–water partition coefficient (Wildman–Crippen LogP) is 3.42. The topological polar surface area (TPSA) is 49.8 Å². The van der Waals surface area contributed by atoms with Crippen molar-refractivity contribution < 1.29 is 0 Å². The summed E-state index contributed by atoms with van der Waals surface area (Å²) in [5, 5.41) is 8.72. The van der Waals surface area contributed by atoms with Crippen molar-refractivity contribution in [1.29, 1.82) is 0 Å². The van der Waals surface area contributed by atoms with Gasteiger partial charge in [-0.2, -0.15) is 0 Å². The fourth-order valence-electron chi connectivity index (χ4n) is 2.02. The lowest BCUT2D eigenvalue weighted by Gasteiger charge is -2.10. The molecule has 4 nitrogen and oxygen atoms in total. The molecule has 19 heavy (non-hydrogen) atoms. The first-order valence-corrected chi connectivity index (χ1v) is 6.09. The van der Waals surface area contributed by atoms with Gasteiger partial charge >= 0.3 is 0 Å². The molecule has 2 N–H and O–H groups in total. The third kappa shape index (κ3) is 2.33. The highest BCUT2D eigenvalue weighted by Crippen LogP contribution is 2.26. The molecule has 4 heteroatoms. The number of nitrogens with zero attached hydrogens (tertiary/aromatic N) is 2. The van der Waals surface area contributed by atoms with Gasteiger partial charge in [-0.3, -0.25) is 9.97 Å². The monoisotopic (exact) mass is 250 g/mol. The molecule has 0 saturated heterocycles. The van der Waals surface area contributed by atoms with Crippen molar-refractivity contribution in [3.63, 3.8) is 0 Å². The van der Waals surface area contributed by atoms with Gasteiger partial charge in [-0.15, -0.1) is 0 Å². The predicted molar refractivity (Wildman–Crippen MR) is 78.8 cm³/mol. The van der Waals surface area contributed by atoms with E-state index in [-0.39, 0.29) is 0 Å². The Hall–Kier alpha value is -2.62. The van der Waals surface area contributed by atoms with Crippen LogP contribution >= 0.6 is 0 Å². The fraction of sp³-hybridized carbons (Fsp3) is 0.0667. The minimum atomic E-state index is 0.947. The summed E-state index contributed by atoms with van der Waals surface area (Å²) in [6.07, 6.45) is 7.26. The van der Waals surface area contributed by atoms with Crippen LogP contribution in [0.2, 0.25) is 0 Å². The Kier molecular flexibility index (Phi) is 2.98. The highest BCUT2D eigenvalue weighted by atomic mass is 14.9. The van der Waals surface area contributed by atoms with Crippen LogP contribution in [-0.4, -0.2) is 17.0 Å². The first-order chi connectivity index (χ1) is 9.36. The van der Waals surface area contributed by atoms with Gasteiger partial charge in [0, 0.05) is 30.5 Å². The van der Waals surface area contributed by atoms with Crippen LogP contribution in [0.15, 0.2) is 55.1 Å². The number of nitrogens with one attached hydrogen (secondary N) is 2. The number of rotatable bonds is 3. The SMILES string of the molecule is CNc1cncc(Nc2cccc3ccncc23)c1. The Morgan fingerprint density at radius 2 is 1.84 bits per heavy atom. The van der Waals surface area contributed by atoms with Crippen molar-refractivity contribution in [2.24, 2.45) is 0 Å². The Balaban J connectivity index is 2.01. The first kappa shape index (κ1) is 11.5. The fourth-order valence-corrected chi connectivity index (χ4v) is 2.02. The van der Waals surface area contributed by atoms with E-state index in [2.05, 4.69) is 26.7 Å². The largest absolute Gasteiger partial charge is 0.387 e. The van der Waals surface area contributed by atoms with Crippen molar-refractivity contribution in [3.8, 4) is 0 Å². The highest BCUT2D eigenvalue weighted by molar-refractivity contribution is 5.94. The van der Waals surface area contributed by atoms with Gasteiger partial charge in [-0.05, 0) is 23.6 Å². The maximum absolute atomic E-state index is 4.19. The number of pyridine rings is 2. The van der Waals surface area contributed by atoms with Crippen LogP contribution in [-0.2, 0) is 0 Å². The first-order valence-electron chi connectivity index (χ1n) is 6.09. The molecule has 94 valence electrons. The molecule has 0 bridgehead atoms. The summed E-state index contributed by atoms with van der Waals surface area (Å²) in [5.41, 5.74) is 2.95. The molecule has 0 unspecified atom stereocenters. The van der Waals surface area contributed by atoms with Crippen molar-refractivity contribution in [2.45, 2.75) is 0 Å². The molecule has 3 aromatic rings. The molecule has 2 heterocycles. The molecule has 0 radical (unpaired) electrons. The maximum Gasteiger partial charge on any atom is 0.0591 e. The van der Waals surface area contributed by atoms with Crippen LogP contribution < -0.4 is 10.6 Å². The molecule has 0 spiro atoms. The minimum absolute atomic E-state index is 0.947. The Morgan fingerprint density at radius 1 is 0.947 bits per heavy atom. The van der Waals surface area contributed by atoms with Gasteiger partial charge in [0.25, 0.3) is 0 Å². The molecule has 0 aliphatic heterocycles. The summed E-state index contributed by atoms with van der Waals surface area (Å²) in [4.78, 5) is 8.37. The molecule has 0 amide bonds. The van der Waals surface area contributed by atoms with Crippen LogP contribution in [0.1, 0.15) is 0 Å². The van der Waals surface area contributed by atoms with Gasteiger partial charge in [-0.25, -0.2) is 0 Å². The van der Waals surface area contributed by atoms with Crippen LogP contribution in [0.3, 0.4) is 0 Å². The molecular weight excluding hydrogens is 236 g/mol. The van der Waals surface area contributed by atoms with E-state index >= 15 is 0 Å². The van der Waals surface area contributed by atoms with Crippen molar-refractivity contribution in [2.75, 3.05) is 17.7 Å². The summed E-state index contributed by atoms with van der Waals surface area (Å²) in [6, 6.07) is 10.2. The lowest BCUT2D eigenvalue weighted by molar-refractivity contribution is 1.30. The van der Waals surface area contributed by atoms with Crippen molar-refractivity contribution >= 4 is 27.8 Å². The lowest BCUT2D eigenvalue weighted by Crippen LogP contribution is -1.95. The average molecular weight is 250 g/mol. The van der Waals surface area contributed by atoms with Crippen molar-refractivity contribution in [1.82, 2.24) is 9.97 Å². The van der Waals surface area contributed by atoms with Crippen molar-refractivity contribution in [3.05, 3.63) is 55.1 Å². The molecule has 0 fully saturated rings. The molecular formula is C15H14N4. The lowest BCUT2D eigenvalue weighted by atomic mass is 10.1.